The Hall–Kier alpha value is -2.03. The van der Waals surface area contributed by atoms with Crippen LogP contribution in [0.15, 0.2) is 24.3 Å². The van der Waals surface area contributed by atoms with E-state index in [1.807, 2.05) is 13.0 Å². The number of nitrogens with zero attached hydrogens (tertiary/aromatic N) is 2. The van der Waals surface area contributed by atoms with Crippen molar-refractivity contribution in [2.24, 2.45) is 7.05 Å². The maximum Gasteiger partial charge on any atom is 0.141 e. The number of aryl methyl sites for hydroxylation is 3. The minimum absolute atomic E-state index is 0.884. The van der Waals surface area contributed by atoms with E-state index in [1.165, 1.54) is 21.9 Å². The van der Waals surface area contributed by atoms with Gasteiger partial charge in [-0.2, -0.15) is 0 Å². The van der Waals surface area contributed by atoms with Gasteiger partial charge in [0.1, 0.15) is 11.4 Å². The van der Waals surface area contributed by atoms with Crippen molar-refractivity contribution >= 4 is 21.9 Å². The quantitative estimate of drug-likeness (QED) is 0.652. The third-order valence-corrected chi connectivity index (χ3v) is 3.48. The maximum atomic E-state index is 5.31. The van der Waals surface area contributed by atoms with Crippen molar-refractivity contribution in [2.45, 2.75) is 13.8 Å². The molecule has 0 aliphatic heterocycles. The SMILES string of the molecule is COc1ccc2c(c1)c1c(C)cc(C)nc1n2C. The summed E-state index contributed by atoms with van der Waals surface area (Å²) in [5.74, 6) is 0.884. The molecule has 0 aliphatic rings. The number of pyridine rings is 1. The first-order valence-corrected chi connectivity index (χ1v) is 6.02. The Morgan fingerprint density at radius 1 is 1.17 bits per heavy atom. The fraction of sp³-hybridized carbons (Fsp3) is 0.267. The molecule has 3 aromatic rings. The lowest BCUT2D eigenvalue weighted by molar-refractivity contribution is 0.415. The van der Waals surface area contributed by atoms with Crippen LogP contribution in [0.1, 0.15) is 11.3 Å². The van der Waals surface area contributed by atoms with Crippen molar-refractivity contribution < 1.29 is 4.74 Å². The van der Waals surface area contributed by atoms with Crippen molar-refractivity contribution in [3.63, 3.8) is 0 Å². The van der Waals surface area contributed by atoms with E-state index < -0.39 is 0 Å². The molecule has 0 amide bonds. The predicted octanol–water partition coefficient (Wildman–Crippen LogP) is 3.35. The van der Waals surface area contributed by atoms with Gasteiger partial charge in [0.05, 0.1) is 12.6 Å². The number of ether oxygens (including phenoxy) is 1. The molecule has 0 radical (unpaired) electrons. The second-order valence-electron chi connectivity index (χ2n) is 4.72. The molecule has 3 rings (SSSR count). The van der Waals surface area contributed by atoms with E-state index >= 15 is 0 Å². The van der Waals surface area contributed by atoms with Crippen molar-refractivity contribution in [1.29, 1.82) is 0 Å². The summed E-state index contributed by atoms with van der Waals surface area (Å²) in [4.78, 5) is 4.65. The molecule has 0 atom stereocenters. The van der Waals surface area contributed by atoms with Crippen LogP contribution in [-0.4, -0.2) is 16.7 Å². The van der Waals surface area contributed by atoms with Crippen LogP contribution in [0.3, 0.4) is 0 Å². The van der Waals surface area contributed by atoms with Crippen LogP contribution in [0.25, 0.3) is 21.9 Å². The lowest BCUT2D eigenvalue weighted by Gasteiger charge is -2.00. The number of aromatic nitrogens is 2. The van der Waals surface area contributed by atoms with Gasteiger partial charge in [0.25, 0.3) is 0 Å². The Bertz CT molecular complexity index is 756. The van der Waals surface area contributed by atoms with Gasteiger partial charge in [-0.05, 0) is 43.7 Å². The molecule has 0 saturated heterocycles. The number of hydrogen-bond acceptors (Lipinski definition) is 2. The Labute approximate surface area is 106 Å². The fourth-order valence-corrected chi connectivity index (χ4v) is 2.64. The zero-order chi connectivity index (χ0) is 12.9. The standard InChI is InChI=1S/C15H16N2O/c1-9-7-10(2)16-15-14(9)12-8-11(18-4)5-6-13(12)17(15)3/h5-8H,1-4H3. The number of benzene rings is 1. The van der Waals surface area contributed by atoms with Gasteiger partial charge in [0, 0.05) is 23.5 Å². The zero-order valence-corrected chi connectivity index (χ0v) is 11.1. The lowest BCUT2D eigenvalue weighted by atomic mass is 10.1. The van der Waals surface area contributed by atoms with E-state index in [-0.39, 0.29) is 0 Å². The molecule has 2 aromatic heterocycles. The molecule has 0 N–H and O–H groups in total. The van der Waals surface area contributed by atoms with Crippen molar-refractivity contribution in [3.05, 3.63) is 35.5 Å². The molecule has 3 heteroatoms. The zero-order valence-electron chi connectivity index (χ0n) is 11.1. The van der Waals surface area contributed by atoms with Crippen LogP contribution in [0.4, 0.5) is 0 Å². The van der Waals surface area contributed by atoms with Gasteiger partial charge >= 0.3 is 0 Å². The van der Waals surface area contributed by atoms with Crippen molar-refractivity contribution in [1.82, 2.24) is 9.55 Å². The van der Waals surface area contributed by atoms with Crippen molar-refractivity contribution in [3.8, 4) is 5.75 Å². The third-order valence-electron chi connectivity index (χ3n) is 3.48. The molecule has 1 aromatic carbocycles. The highest BCUT2D eigenvalue weighted by Crippen LogP contribution is 2.32. The summed E-state index contributed by atoms with van der Waals surface area (Å²) in [6, 6.07) is 8.29. The largest absolute Gasteiger partial charge is 0.497 e. The lowest BCUT2D eigenvalue weighted by Crippen LogP contribution is -1.92. The summed E-state index contributed by atoms with van der Waals surface area (Å²) in [5.41, 5.74) is 4.54. The molecule has 0 fully saturated rings. The smallest absolute Gasteiger partial charge is 0.141 e. The number of methoxy groups -OCH3 is 1. The monoisotopic (exact) mass is 240 g/mol. The first-order chi connectivity index (χ1) is 8.61. The molecule has 0 unspecified atom stereocenters. The number of hydrogen-bond donors (Lipinski definition) is 0. The van der Waals surface area contributed by atoms with E-state index in [9.17, 15) is 0 Å². The Kier molecular flexibility index (Phi) is 2.30. The predicted molar refractivity (Wildman–Crippen MR) is 74.2 cm³/mol. The summed E-state index contributed by atoms with van der Waals surface area (Å²) in [6.45, 7) is 4.17. The van der Waals surface area contributed by atoms with Gasteiger partial charge < -0.3 is 9.30 Å². The summed E-state index contributed by atoms with van der Waals surface area (Å²) in [5, 5.41) is 2.42. The number of fused-ring (bicyclic) bond motifs is 3. The van der Waals surface area contributed by atoms with Gasteiger partial charge in [0.2, 0.25) is 0 Å². The summed E-state index contributed by atoms with van der Waals surface area (Å²) in [7, 11) is 3.75. The fourth-order valence-electron chi connectivity index (χ4n) is 2.64. The second-order valence-corrected chi connectivity index (χ2v) is 4.72. The molecule has 3 nitrogen and oxygen atoms in total. The molecule has 92 valence electrons. The molecule has 0 spiro atoms. The highest BCUT2D eigenvalue weighted by Gasteiger charge is 2.12. The minimum Gasteiger partial charge on any atom is -0.497 e. The maximum absolute atomic E-state index is 5.31. The Morgan fingerprint density at radius 3 is 2.67 bits per heavy atom. The summed E-state index contributed by atoms with van der Waals surface area (Å²) in [6.07, 6.45) is 0. The number of rotatable bonds is 1. The van der Waals surface area contributed by atoms with Gasteiger partial charge in [-0.3, -0.25) is 0 Å². The molecule has 0 aliphatic carbocycles. The van der Waals surface area contributed by atoms with E-state index in [1.54, 1.807) is 7.11 Å². The highest BCUT2D eigenvalue weighted by atomic mass is 16.5. The molecule has 18 heavy (non-hydrogen) atoms. The van der Waals surface area contributed by atoms with Crippen LogP contribution >= 0.6 is 0 Å². The first-order valence-electron chi connectivity index (χ1n) is 6.02. The van der Waals surface area contributed by atoms with Crippen LogP contribution < -0.4 is 4.74 Å². The minimum atomic E-state index is 0.884. The molecule has 0 bridgehead atoms. The molecule has 0 saturated carbocycles. The molecular formula is C15H16N2O. The van der Waals surface area contributed by atoms with Gasteiger partial charge in [-0.1, -0.05) is 0 Å². The van der Waals surface area contributed by atoms with E-state index in [4.69, 9.17) is 4.74 Å². The average Bonchev–Trinajstić information content (AvgIpc) is 2.62. The van der Waals surface area contributed by atoms with Crippen molar-refractivity contribution in [2.75, 3.05) is 7.11 Å². The van der Waals surface area contributed by atoms with Crippen LogP contribution in [0.5, 0.6) is 5.75 Å². The van der Waals surface area contributed by atoms with Gasteiger partial charge in [-0.25, -0.2) is 4.98 Å². The average molecular weight is 240 g/mol. The first kappa shape index (κ1) is 11.1. The summed E-state index contributed by atoms with van der Waals surface area (Å²) >= 11 is 0. The van der Waals surface area contributed by atoms with E-state index in [0.29, 0.717) is 0 Å². The Balaban J connectivity index is 2.55. The third kappa shape index (κ3) is 1.40. The second kappa shape index (κ2) is 3.73. The topological polar surface area (TPSA) is 27.1 Å². The van der Waals surface area contributed by atoms with Gasteiger partial charge in [0.15, 0.2) is 0 Å². The van der Waals surface area contributed by atoms with E-state index in [0.717, 1.165) is 17.1 Å². The van der Waals surface area contributed by atoms with Crippen LogP contribution in [0.2, 0.25) is 0 Å². The molecular weight excluding hydrogens is 224 g/mol. The van der Waals surface area contributed by atoms with Crippen LogP contribution in [0, 0.1) is 13.8 Å². The normalized spacial score (nSPS) is 11.3. The van der Waals surface area contributed by atoms with Gasteiger partial charge in [-0.15, -0.1) is 0 Å². The van der Waals surface area contributed by atoms with E-state index in [2.05, 4.69) is 41.7 Å². The molecule has 2 heterocycles. The Morgan fingerprint density at radius 2 is 1.94 bits per heavy atom. The highest BCUT2D eigenvalue weighted by molar-refractivity contribution is 6.08. The van der Waals surface area contributed by atoms with Crippen LogP contribution in [-0.2, 0) is 7.05 Å². The summed E-state index contributed by atoms with van der Waals surface area (Å²) < 4.78 is 7.46.